The largest absolute Gasteiger partial charge is 0.491 e. The first-order valence-corrected chi connectivity index (χ1v) is 8.27. The lowest BCUT2D eigenvalue weighted by atomic mass is 10.2. The van der Waals surface area contributed by atoms with Gasteiger partial charge in [-0.25, -0.2) is 0 Å². The number of nitrogens with one attached hydrogen (secondary N) is 2. The molecule has 134 valence electrons. The van der Waals surface area contributed by atoms with E-state index in [4.69, 9.17) is 21.3 Å². The minimum atomic E-state index is -0.0147. The van der Waals surface area contributed by atoms with E-state index in [2.05, 4.69) is 10.6 Å². The Bertz CT molecular complexity index is 852. The van der Waals surface area contributed by atoms with Crippen LogP contribution in [0.4, 0.5) is 34.1 Å². The normalized spacial score (nSPS) is 10.3. The Morgan fingerprint density at radius 2 is 1.35 bits per heavy atom. The summed E-state index contributed by atoms with van der Waals surface area (Å²) in [6.07, 6.45) is 0. The quantitative estimate of drug-likeness (QED) is 0.416. The molecule has 6 nitrogen and oxygen atoms in total. The topological polar surface area (TPSA) is 106 Å². The van der Waals surface area contributed by atoms with Gasteiger partial charge in [-0.3, -0.25) is 0 Å². The van der Waals surface area contributed by atoms with Crippen LogP contribution in [-0.4, -0.2) is 18.3 Å². The fraction of sp³-hybridized carbons (Fsp3) is 0.100. The van der Waals surface area contributed by atoms with Gasteiger partial charge in [-0.1, -0.05) is 18.2 Å². The minimum Gasteiger partial charge on any atom is -0.491 e. The Labute approximate surface area is 152 Å². The van der Waals surface area contributed by atoms with Crippen LogP contribution in [0.2, 0.25) is 0 Å². The highest BCUT2D eigenvalue weighted by molar-refractivity contribution is 5.85. The molecule has 0 heterocycles. The van der Waals surface area contributed by atoms with Crippen molar-refractivity contribution >= 4 is 34.1 Å². The zero-order valence-electron chi connectivity index (χ0n) is 14.3. The Hall–Kier alpha value is -3.38. The van der Waals surface area contributed by atoms with E-state index in [9.17, 15) is 0 Å². The number of nitrogen functional groups attached to an aromatic ring is 2. The lowest BCUT2D eigenvalue weighted by Crippen LogP contribution is -2.03. The molecular weight excluding hydrogens is 328 g/mol. The molecule has 0 aliphatic heterocycles. The molecule has 6 heteroatoms. The zero-order chi connectivity index (χ0) is 18.4. The maximum absolute atomic E-state index is 8.79. The van der Waals surface area contributed by atoms with Gasteiger partial charge >= 0.3 is 0 Å². The summed E-state index contributed by atoms with van der Waals surface area (Å²) in [4.78, 5) is 0. The van der Waals surface area contributed by atoms with Crippen molar-refractivity contribution in [2.75, 3.05) is 35.3 Å². The van der Waals surface area contributed by atoms with Gasteiger partial charge in [0.15, 0.2) is 0 Å². The highest BCUT2D eigenvalue weighted by atomic mass is 16.5. The molecule has 0 spiro atoms. The lowest BCUT2D eigenvalue weighted by molar-refractivity contribution is 0.201. The number of para-hydroxylation sites is 1. The fourth-order valence-electron chi connectivity index (χ4n) is 2.48. The Kier molecular flexibility index (Phi) is 5.46. The number of anilines is 6. The Balaban J connectivity index is 1.78. The van der Waals surface area contributed by atoms with Crippen molar-refractivity contribution in [2.24, 2.45) is 0 Å². The average Bonchev–Trinajstić information content (AvgIpc) is 2.66. The molecule has 0 atom stereocenters. The zero-order valence-corrected chi connectivity index (χ0v) is 14.3. The molecule has 0 amide bonds. The summed E-state index contributed by atoms with van der Waals surface area (Å²) in [5.41, 5.74) is 16.7. The summed E-state index contributed by atoms with van der Waals surface area (Å²) < 4.78 is 5.36. The van der Waals surface area contributed by atoms with Gasteiger partial charge in [-0.05, 0) is 48.5 Å². The molecule has 0 bridgehead atoms. The number of aliphatic hydroxyl groups excluding tert-OH is 1. The molecule has 3 aromatic carbocycles. The molecule has 0 fully saturated rings. The predicted molar refractivity (Wildman–Crippen MR) is 107 cm³/mol. The second-order valence-electron chi connectivity index (χ2n) is 5.74. The monoisotopic (exact) mass is 350 g/mol. The van der Waals surface area contributed by atoms with E-state index in [1.807, 2.05) is 60.7 Å². The van der Waals surface area contributed by atoms with Crippen LogP contribution < -0.4 is 26.8 Å². The first-order valence-electron chi connectivity index (χ1n) is 8.27. The number of rotatable bonds is 7. The fourth-order valence-corrected chi connectivity index (χ4v) is 2.48. The third-order valence-electron chi connectivity index (χ3n) is 3.77. The SMILES string of the molecule is Nc1cc(N)c(Nc2ccc(OCCO)cc2)cc1Nc1ccccc1. The molecule has 7 N–H and O–H groups in total. The summed E-state index contributed by atoms with van der Waals surface area (Å²) in [7, 11) is 0. The van der Waals surface area contributed by atoms with Gasteiger partial charge in [0.1, 0.15) is 12.4 Å². The average molecular weight is 350 g/mol. The molecule has 0 radical (unpaired) electrons. The van der Waals surface area contributed by atoms with Crippen LogP contribution in [0.15, 0.2) is 66.7 Å². The number of nitrogens with two attached hydrogens (primary N) is 2. The van der Waals surface area contributed by atoms with E-state index >= 15 is 0 Å². The van der Waals surface area contributed by atoms with Crippen LogP contribution in [0.25, 0.3) is 0 Å². The van der Waals surface area contributed by atoms with Crippen molar-refractivity contribution in [3.63, 3.8) is 0 Å². The van der Waals surface area contributed by atoms with E-state index in [-0.39, 0.29) is 13.2 Å². The summed E-state index contributed by atoms with van der Waals surface area (Å²) >= 11 is 0. The molecule has 0 aliphatic rings. The molecule has 0 unspecified atom stereocenters. The third-order valence-corrected chi connectivity index (χ3v) is 3.77. The van der Waals surface area contributed by atoms with E-state index in [0.29, 0.717) is 17.1 Å². The van der Waals surface area contributed by atoms with E-state index in [1.165, 1.54) is 0 Å². The van der Waals surface area contributed by atoms with Gasteiger partial charge in [0.25, 0.3) is 0 Å². The highest BCUT2D eigenvalue weighted by Gasteiger charge is 2.07. The van der Waals surface area contributed by atoms with Gasteiger partial charge in [-0.2, -0.15) is 0 Å². The molecule has 0 saturated carbocycles. The van der Waals surface area contributed by atoms with E-state index in [1.54, 1.807) is 6.07 Å². The van der Waals surface area contributed by atoms with Crippen molar-refractivity contribution in [3.05, 3.63) is 66.7 Å². The third kappa shape index (κ3) is 4.37. The number of ether oxygens (including phenoxy) is 1. The second kappa shape index (κ2) is 8.13. The highest BCUT2D eigenvalue weighted by Crippen LogP contribution is 2.33. The standard InChI is InChI=1S/C20H22N4O2/c21-17-12-18(22)20(13-19(17)23-14-4-2-1-3-5-14)24-15-6-8-16(9-7-15)26-11-10-25/h1-9,12-13,23-25H,10-11,21-22H2. The van der Waals surface area contributed by atoms with Crippen molar-refractivity contribution in [3.8, 4) is 5.75 Å². The van der Waals surface area contributed by atoms with Crippen LogP contribution in [0.5, 0.6) is 5.75 Å². The van der Waals surface area contributed by atoms with Gasteiger partial charge < -0.3 is 31.9 Å². The Morgan fingerprint density at radius 1 is 0.769 bits per heavy atom. The summed E-state index contributed by atoms with van der Waals surface area (Å²) in [5, 5.41) is 15.4. The van der Waals surface area contributed by atoms with Crippen LogP contribution >= 0.6 is 0 Å². The summed E-state index contributed by atoms with van der Waals surface area (Å²) in [6, 6.07) is 20.8. The van der Waals surface area contributed by atoms with Crippen molar-refractivity contribution in [1.82, 2.24) is 0 Å². The van der Waals surface area contributed by atoms with Crippen molar-refractivity contribution < 1.29 is 9.84 Å². The summed E-state index contributed by atoms with van der Waals surface area (Å²) in [6.45, 7) is 0.255. The van der Waals surface area contributed by atoms with Crippen LogP contribution in [0, 0.1) is 0 Å². The van der Waals surface area contributed by atoms with Gasteiger partial charge in [0, 0.05) is 11.4 Å². The molecule has 3 aromatic rings. The van der Waals surface area contributed by atoms with Crippen molar-refractivity contribution in [2.45, 2.75) is 0 Å². The smallest absolute Gasteiger partial charge is 0.119 e. The maximum atomic E-state index is 8.79. The van der Waals surface area contributed by atoms with Crippen molar-refractivity contribution in [1.29, 1.82) is 0 Å². The molecule has 26 heavy (non-hydrogen) atoms. The first kappa shape index (κ1) is 17.4. The number of hydrogen-bond donors (Lipinski definition) is 5. The molecular formula is C20H22N4O2. The van der Waals surface area contributed by atoms with Gasteiger partial charge in [0.05, 0.1) is 29.4 Å². The Morgan fingerprint density at radius 3 is 1.92 bits per heavy atom. The van der Waals surface area contributed by atoms with Crippen LogP contribution in [-0.2, 0) is 0 Å². The molecule has 0 aromatic heterocycles. The molecule has 0 aliphatic carbocycles. The van der Waals surface area contributed by atoms with Gasteiger partial charge in [-0.15, -0.1) is 0 Å². The molecule has 3 rings (SSSR count). The molecule has 0 saturated heterocycles. The van der Waals surface area contributed by atoms with Gasteiger partial charge in [0.2, 0.25) is 0 Å². The summed E-state index contributed by atoms with van der Waals surface area (Å²) in [5.74, 6) is 0.696. The maximum Gasteiger partial charge on any atom is 0.119 e. The van der Waals surface area contributed by atoms with Crippen LogP contribution in [0.3, 0.4) is 0 Å². The number of hydrogen-bond acceptors (Lipinski definition) is 6. The second-order valence-corrected chi connectivity index (χ2v) is 5.74. The minimum absolute atomic E-state index is 0.0147. The first-order chi connectivity index (χ1) is 12.7. The predicted octanol–water partition coefficient (Wildman–Crippen LogP) is 3.71. The van der Waals surface area contributed by atoms with E-state index < -0.39 is 0 Å². The number of aliphatic hydroxyl groups is 1. The van der Waals surface area contributed by atoms with E-state index in [0.717, 1.165) is 22.7 Å². The number of benzene rings is 3. The van der Waals surface area contributed by atoms with Crippen LogP contribution in [0.1, 0.15) is 0 Å². The lowest BCUT2D eigenvalue weighted by Gasteiger charge is -2.15.